The molecule has 0 bridgehead atoms. The Balaban J connectivity index is 2.02. The minimum Gasteiger partial charge on any atom is -0.312 e. The lowest BCUT2D eigenvalue weighted by molar-refractivity contribution is 0.659. The normalized spacial score (nSPS) is 12.3. The maximum atomic E-state index is 4.18. The molecule has 1 unspecified atom stereocenters. The van der Waals surface area contributed by atoms with E-state index in [0.717, 1.165) is 5.75 Å². The summed E-state index contributed by atoms with van der Waals surface area (Å²) >= 11 is 1.88. The molecule has 0 radical (unpaired) electrons. The lowest BCUT2D eigenvalue weighted by Gasteiger charge is -2.16. The van der Waals surface area contributed by atoms with Crippen LogP contribution in [0.4, 0.5) is 0 Å². The SMILES string of the molecule is CNC(CSc1ccccc1C)c1cccnc1. The largest absolute Gasteiger partial charge is 0.312 e. The van der Waals surface area contributed by atoms with Crippen LogP contribution in [0.5, 0.6) is 0 Å². The van der Waals surface area contributed by atoms with Crippen molar-refractivity contribution in [1.82, 2.24) is 10.3 Å². The van der Waals surface area contributed by atoms with Crippen LogP contribution in [0.2, 0.25) is 0 Å². The van der Waals surface area contributed by atoms with Crippen LogP contribution in [0.15, 0.2) is 53.7 Å². The van der Waals surface area contributed by atoms with Crippen molar-refractivity contribution in [3.63, 3.8) is 0 Å². The topological polar surface area (TPSA) is 24.9 Å². The van der Waals surface area contributed by atoms with E-state index in [-0.39, 0.29) is 0 Å². The molecule has 0 spiro atoms. The molecule has 18 heavy (non-hydrogen) atoms. The number of benzene rings is 1. The van der Waals surface area contributed by atoms with Crippen LogP contribution in [0, 0.1) is 6.92 Å². The highest BCUT2D eigenvalue weighted by atomic mass is 32.2. The number of aromatic nitrogens is 1. The molecular weight excluding hydrogens is 240 g/mol. The molecule has 0 aliphatic rings. The Labute approximate surface area is 113 Å². The lowest BCUT2D eigenvalue weighted by atomic mass is 10.1. The second-order valence-corrected chi connectivity index (χ2v) is 5.27. The zero-order chi connectivity index (χ0) is 12.8. The lowest BCUT2D eigenvalue weighted by Crippen LogP contribution is -2.18. The third kappa shape index (κ3) is 3.34. The Hall–Kier alpha value is -1.32. The van der Waals surface area contributed by atoms with Crippen molar-refractivity contribution in [3.8, 4) is 0 Å². The van der Waals surface area contributed by atoms with Gasteiger partial charge in [0.2, 0.25) is 0 Å². The summed E-state index contributed by atoms with van der Waals surface area (Å²) in [6.45, 7) is 2.15. The van der Waals surface area contributed by atoms with Gasteiger partial charge < -0.3 is 5.32 Å². The summed E-state index contributed by atoms with van der Waals surface area (Å²) in [5, 5.41) is 3.35. The molecule has 0 amide bonds. The molecule has 3 heteroatoms. The number of pyridine rings is 1. The quantitative estimate of drug-likeness (QED) is 0.832. The number of rotatable bonds is 5. The van der Waals surface area contributed by atoms with Gasteiger partial charge in [0.25, 0.3) is 0 Å². The van der Waals surface area contributed by atoms with E-state index in [0.29, 0.717) is 6.04 Å². The summed E-state index contributed by atoms with van der Waals surface area (Å²) in [6, 6.07) is 12.9. The highest BCUT2D eigenvalue weighted by Crippen LogP contribution is 2.26. The van der Waals surface area contributed by atoms with E-state index < -0.39 is 0 Å². The molecule has 2 rings (SSSR count). The summed E-state index contributed by atoms with van der Waals surface area (Å²) in [5.74, 6) is 1.01. The van der Waals surface area contributed by atoms with Gasteiger partial charge in [0.15, 0.2) is 0 Å². The number of thioether (sulfide) groups is 1. The summed E-state index contributed by atoms with van der Waals surface area (Å²) in [5.41, 5.74) is 2.57. The third-order valence-electron chi connectivity index (χ3n) is 2.93. The smallest absolute Gasteiger partial charge is 0.0428 e. The average molecular weight is 258 g/mol. The monoisotopic (exact) mass is 258 g/mol. The molecule has 1 aromatic heterocycles. The Bertz CT molecular complexity index is 485. The molecule has 0 saturated heterocycles. The van der Waals surface area contributed by atoms with Gasteiger partial charge in [-0.1, -0.05) is 24.3 Å². The molecule has 1 atom stereocenters. The summed E-state index contributed by atoms with van der Waals surface area (Å²) in [4.78, 5) is 5.53. The first-order chi connectivity index (χ1) is 8.81. The maximum absolute atomic E-state index is 4.18. The summed E-state index contributed by atoms with van der Waals surface area (Å²) in [6.07, 6.45) is 3.74. The van der Waals surface area contributed by atoms with Gasteiger partial charge in [-0.2, -0.15) is 0 Å². The second kappa shape index (κ2) is 6.57. The van der Waals surface area contributed by atoms with E-state index in [1.165, 1.54) is 16.0 Å². The molecule has 94 valence electrons. The first-order valence-corrected chi connectivity index (χ1v) is 7.05. The van der Waals surface area contributed by atoms with Crippen molar-refractivity contribution < 1.29 is 0 Å². The van der Waals surface area contributed by atoms with E-state index in [1.54, 1.807) is 0 Å². The Morgan fingerprint density at radius 3 is 2.72 bits per heavy atom. The zero-order valence-corrected chi connectivity index (χ0v) is 11.6. The first kappa shape index (κ1) is 13.1. The van der Waals surface area contributed by atoms with Crippen molar-refractivity contribution in [2.24, 2.45) is 0 Å². The highest BCUT2D eigenvalue weighted by molar-refractivity contribution is 7.99. The zero-order valence-electron chi connectivity index (χ0n) is 10.8. The Morgan fingerprint density at radius 2 is 2.06 bits per heavy atom. The fraction of sp³-hybridized carbons (Fsp3) is 0.267. The predicted molar refractivity (Wildman–Crippen MR) is 77.9 cm³/mol. The van der Waals surface area contributed by atoms with E-state index in [1.807, 2.05) is 37.3 Å². The van der Waals surface area contributed by atoms with Gasteiger partial charge in [-0.3, -0.25) is 4.98 Å². The van der Waals surface area contributed by atoms with Crippen molar-refractivity contribution in [1.29, 1.82) is 0 Å². The van der Waals surface area contributed by atoms with Crippen molar-refractivity contribution in [3.05, 3.63) is 59.9 Å². The van der Waals surface area contributed by atoms with Gasteiger partial charge in [0.1, 0.15) is 0 Å². The Kier molecular flexibility index (Phi) is 4.79. The molecule has 0 aliphatic heterocycles. The average Bonchev–Trinajstić information content (AvgIpc) is 2.42. The number of nitrogens with zero attached hydrogens (tertiary/aromatic N) is 1. The molecule has 0 aliphatic carbocycles. The molecule has 1 N–H and O–H groups in total. The van der Waals surface area contributed by atoms with Crippen LogP contribution in [-0.2, 0) is 0 Å². The molecule has 1 heterocycles. The van der Waals surface area contributed by atoms with E-state index in [2.05, 4.69) is 47.6 Å². The molecular formula is C15H18N2S. The number of hydrogen-bond acceptors (Lipinski definition) is 3. The van der Waals surface area contributed by atoms with Gasteiger partial charge in [-0.25, -0.2) is 0 Å². The standard InChI is InChI=1S/C15H18N2S/c1-12-6-3-4-8-15(12)18-11-14(16-2)13-7-5-9-17-10-13/h3-10,14,16H,11H2,1-2H3. The van der Waals surface area contributed by atoms with Crippen LogP contribution in [0.3, 0.4) is 0 Å². The molecule has 0 fully saturated rings. The van der Waals surface area contributed by atoms with Crippen LogP contribution in [0.25, 0.3) is 0 Å². The Morgan fingerprint density at radius 1 is 1.22 bits per heavy atom. The summed E-state index contributed by atoms with van der Waals surface area (Å²) in [7, 11) is 2.00. The highest BCUT2D eigenvalue weighted by Gasteiger charge is 2.10. The summed E-state index contributed by atoms with van der Waals surface area (Å²) < 4.78 is 0. The van der Waals surface area contributed by atoms with E-state index in [4.69, 9.17) is 0 Å². The fourth-order valence-corrected chi connectivity index (χ4v) is 3.00. The van der Waals surface area contributed by atoms with Crippen LogP contribution in [-0.4, -0.2) is 17.8 Å². The van der Waals surface area contributed by atoms with Gasteiger partial charge in [-0.15, -0.1) is 11.8 Å². The molecule has 2 aromatic rings. The van der Waals surface area contributed by atoms with Gasteiger partial charge in [0.05, 0.1) is 0 Å². The predicted octanol–water partition coefficient (Wildman–Crippen LogP) is 3.44. The van der Waals surface area contributed by atoms with Crippen molar-refractivity contribution in [2.45, 2.75) is 17.9 Å². The third-order valence-corrected chi connectivity index (χ3v) is 4.20. The van der Waals surface area contributed by atoms with E-state index in [9.17, 15) is 0 Å². The van der Waals surface area contributed by atoms with Gasteiger partial charge in [0, 0.05) is 29.1 Å². The van der Waals surface area contributed by atoms with Gasteiger partial charge in [-0.05, 0) is 37.2 Å². The van der Waals surface area contributed by atoms with Crippen molar-refractivity contribution >= 4 is 11.8 Å². The minimum atomic E-state index is 0.336. The molecule has 0 saturated carbocycles. The van der Waals surface area contributed by atoms with Crippen LogP contribution in [0.1, 0.15) is 17.2 Å². The maximum Gasteiger partial charge on any atom is 0.0428 e. The van der Waals surface area contributed by atoms with E-state index >= 15 is 0 Å². The molecule has 2 nitrogen and oxygen atoms in total. The number of aryl methyl sites for hydroxylation is 1. The first-order valence-electron chi connectivity index (χ1n) is 6.07. The van der Waals surface area contributed by atoms with Crippen molar-refractivity contribution in [2.75, 3.05) is 12.8 Å². The number of hydrogen-bond donors (Lipinski definition) is 1. The minimum absolute atomic E-state index is 0.336. The molecule has 1 aromatic carbocycles. The van der Waals surface area contributed by atoms with Crippen LogP contribution < -0.4 is 5.32 Å². The number of nitrogens with one attached hydrogen (secondary N) is 1. The fourth-order valence-electron chi connectivity index (χ4n) is 1.82. The second-order valence-electron chi connectivity index (χ2n) is 4.20. The van der Waals surface area contributed by atoms with Crippen LogP contribution >= 0.6 is 11.8 Å². The van der Waals surface area contributed by atoms with Gasteiger partial charge >= 0.3 is 0 Å².